The van der Waals surface area contributed by atoms with Crippen LogP contribution in [0.2, 0.25) is 0 Å². The number of hydrogen-bond acceptors (Lipinski definition) is 3. The predicted octanol–water partition coefficient (Wildman–Crippen LogP) is 3.67. The maximum atomic E-state index is 6.04. The summed E-state index contributed by atoms with van der Waals surface area (Å²) in [4.78, 5) is 0. The Morgan fingerprint density at radius 1 is 0.810 bits per heavy atom. The predicted molar refractivity (Wildman–Crippen MR) is 89.9 cm³/mol. The molecule has 0 aliphatic rings. The first-order chi connectivity index (χ1) is 10.2. The molecule has 4 heteroatoms. The largest absolute Gasteiger partial charge is 0.537 e. The molecule has 0 amide bonds. The lowest BCUT2D eigenvalue weighted by Gasteiger charge is -2.30. The minimum atomic E-state index is -2.78. The fourth-order valence-electron chi connectivity index (χ4n) is 2.53. The van der Waals surface area contributed by atoms with Crippen molar-refractivity contribution in [3.8, 4) is 0 Å². The van der Waals surface area contributed by atoms with Crippen LogP contribution < -0.4 is 5.19 Å². The Morgan fingerprint density at radius 3 is 1.90 bits per heavy atom. The molecule has 0 saturated carbocycles. The molecule has 0 aliphatic carbocycles. The van der Waals surface area contributed by atoms with Crippen molar-refractivity contribution < 1.29 is 13.3 Å². The topological polar surface area (TPSA) is 27.7 Å². The summed E-state index contributed by atoms with van der Waals surface area (Å²) in [5, 5.41) is 1.15. The van der Waals surface area contributed by atoms with Crippen LogP contribution in [-0.2, 0) is 19.7 Å². The Morgan fingerprint density at radius 2 is 1.38 bits per heavy atom. The number of benzene rings is 1. The van der Waals surface area contributed by atoms with Crippen LogP contribution in [-0.4, -0.2) is 28.6 Å². The van der Waals surface area contributed by atoms with Crippen LogP contribution >= 0.6 is 0 Å². The maximum Gasteiger partial charge on any atom is 0.537 e. The molecule has 3 nitrogen and oxygen atoms in total. The van der Waals surface area contributed by atoms with Gasteiger partial charge in [-0.1, -0.05) is 44.0 Å². The summed E-state index contributed by atoms with van der Waals surface area (Å²) in [5.41, 5.74) is 1.31. The minimum absolute atomic E-state index is 0.607. The van der Waals surface area contributed by atoms with Crippen molar-refractivity contribution in [2.75, 3.05) is 19.8 Å². The lowest BCUT2D eigenvalue weighted by Crippen LogP contribution is -2.58. The van der Waals surface area contributed by atoms with E-state index in [1.165, 1.54) is 24.8 Å². The molecule has 1 rings (SSSR count). The normalized spacial score (nSPS) is 11.8. The van der Waals surface area contributed by atoms with Gasteiger partial charge in [-0.2, -0.15) is 0 Å². The highest BCUT2D eigenvalue weighted by Gasteiger charge is 2.44. The minimum Gasteiger partial charge on any atom is -0.370 e. The third-order valence-electron chi connectivity index (χ3n) is 3.40. The highest BCUT2D eigenvalue weighted by Crippen LogP contribution is 2.15. The molecule has 0 atom stereocenters. The Kier molecular flexibility index (Phi) is 8.84. The van der Waals surface area contributed by atoms with Gasteiger partial charge in [0, 0.05) is 25.0 Å². The zero-order chi connectivity index (χ0) is 15.6. The van der Waals surface area contributed by atoms with E-state index in [9.17, 15) is 0 Å². The summed E-state index contributed by atoms with van der Waals surface area (Å²) in [5.74, 6) is 0. The van der Waals surface area contributed by atoms with Crippen LogP contribution in [0, 0.1) is 0 Å². The maximum absolute atomic E-state index is 6.04. The molecule has 0 bridgehead atoms. The molecule has 0 fully saturated rings. The molecule has 1 aromatic carbocycles. The molecule has 0 spiro atoms. The molecule has 0 N–H and O–H groups in total. The second kappa shape index (κ2) is 10.1. The van der Waals surface area contributed by atoms with E-state index in [-0.39, 0.29) is 0 Å². The van der Waals surface area contributed by atoms with Crippen molar-refractivity contribution >= 4 is 14.0 Å². The zero-order valence-corrected chi connectivity index (χ0v) is 15.0. The quantitative estimate of drug-likeness (QED) is 0.461. The fraction of sp³-hybridized carbons (Fsp3) is 0.647. The number of unbranched alkanes of at least 4 members (excludes halogenated alkanes) is 2. The molecule has 1 aromatic rings. The SMILES string of the molecule is CCCCCc1ccccc1[Si](OCC)(OCC)OCC. The van der Waals surface area contributed by atoms with Gasteiger partial charge in [0.1, 0.15) is 0 Å². The highest BCUT2D eigenvalue weighted by atomic mass is 28.4. The third-order valence-corrected chi connectivity index (χ3v) is 6.55. The van der Waals surface area contributed by atoms with E-state index in [0.717, 1.165) is 11.6 Å². The molecule has 0 aliphatic heterocycles. The van der Waals surface area contributed by atoms with E-state index in [4.69, 9.17) is 13.3 Å². The zero-order valence-electron chi connectivity index (χ0n) is 14.0. The summed E-state index contributed by atoms with van der Waals surface area (Å²) in [6.45, 7) is 10.0. The van der Waals surface area contributed by atoms with Gasteiger partial charge in [-0.05, 0) is 39.2 Å². The second-order valence-corrected chi connectivity index (χ2v) is 7.49. The molecule has 120 valence electrons. The Balaban J connectivity index is 3.09. The summed E-state index contributed by atoms with van der Waals surface area (Å²) < 4.78 is 18.1. The summed E-state index contributed by atoms with van der Waals surface area (Å²) in [7, 11) is -2.78. The van der Waals surface area contributed by atoms with Crippen molar-refractivity contribution in [3.05, 3.63) is 29.8 Å². The van der Waals surface area contributed by atoms with Gasteiger partial charge in [0.05, 0.1) is 0 Å². The smallest absolute Gasteiger partial charge is 0.370 e. The molecule has 0 unspecified atom stereocenters. The fourth-order valence-corrected chi connectivity index (χ4v) is 5.29. The van der Waals surface area contributed by atoms with Crippen molar-refractivity contribution in [3.63, 3.8) is 0 Å². The average Bonchev–Trinajstić information content (AvgIpc) is 2.49. The van der Waals surface area contributed by atoms with E-state index in [2.05, 4.69) is 31.2 Å². The highest BCUT2D eigenvalue weighted by molar-refractivity contribution is 6.75. The van der Waals surface area contributed by atoms with Crippen LogP contribution in [0.5, 0.6) is 0 Å². The first kappa shape index (κ1) is 18.4. The Hall–Kier alpha value is -0.683. The van der Waals surface area contributed by atoms with E-state index in [0.29, 0.717) is 19.8 Å². The molecule has 0 saturated heterocycles. The van der Waals surface area contributed by atoms with Crippen molar-refractivity contribution in [2.24, 2.45) is 0 Å². The molecular weight excluding hydrogens is 280 g/mol. The molecule has 0 heterocycles. The number of aryl methyl sites for hydroxylation is 1. The summed E-state index contributed by atoms with van der Waals surface area (Å²) in [6, 6.07) is 8.45. The van der Waals surface area contributed by atoms with Gasteiger partial charge in [-0.3, -0.25) is 0 Å². The van der Waals surface area contributed by atoms with Gasteiger partial charge >= 0.3 is 8.80 Å². The molecule has 0 aromatic heterocycles. The van der Waals surface area contributed by atoms with Crippen LogP contribution in [0.1, 0.15) is 52.5 Å². The number of rotatable bonds is 11. The standard InChI is InChI=1S/C17H30O3Si/c1-5-9-10-13-16-14-11-12-15-17(16)21(18-6-2,19-7-3)20-8-4/h11-12,14-15H,5-10,13H2,1-4H3. The Labute approximate surface area is 131 Å². The van der Waals surface area contributed by atoms with Crippen molar-refractivity contribution in [1.82, 2.24) is 0 Å². The van der Waals surface area contributed by atoms with Gasteiger partial charge in [-0.25, -0.2) is 0 Å². The summed E-state index contributed by atoms with van der Waals surface area (Å²) in [6.07, 6.45) is 4.74. The van der Waals surface area contributed by atoms with Crippen LogP contribution in [0.15, 0.2) is 24.3 Å². The average molecular weight is 311 g/mol. The van der Waals surface area contributed by atoms with Gasteiger partial charge in [0.2, 0.25) is 0 Å². The van der Waals surface area contributed by atoms with Crippen LogP contribution in [0.25, 0.3) is 0 Å². The molecule has 21 heavy (non-hydrogen) atoms. The Bertz CT molecular complexity index is 378. The lowest BCUT2D eigenvalue weighted by atomic mass is 10.1. The lowest BCUT2D eigenvalue weighted by molar-refractivity contribution is 0.0857. The third kappa shape index (κ3) is 5.22. The number of hydrogen-bond donors (Lipinski definition) is 0. The van der Waals surface area contributed by atoms with Crippen molar-refractivity contribution in [1.29, 1.82) is 0 Å². The first-order valence-corrected chi connectivity index (χ1v) is 9.96. The second-order valence-electron chi connectivity index (χ2n) is 4.97. The van der Waals surface area contributed by atoms with Crippen LogP contribution in [0.3, 0.4) is 0 Å². The van der Waals surface area contributed by atoms with Crippen LogP contribution in [0.4, 0.5) is 0 Å². The first-order valence-electron chi connectivity index (χ1n) is 8.24. The summed E-state index contributed by atoms with van der Waals surface area (Å²) >= 11 is 0. The van der Waals surface area contributed by atoms with E-state index in [1.54, 1.807) is 0 Å². The molecular formula is C17H30O3Si. The monoisotopic (exact) mass is 310 g/mol. The van der Waals surface area contributed by atoms with Crippen molar-refractivity contribution in [2.45, 2.75) is 53.4 Å². The van der Waals surface area contributed by atoms with E-state index < -0.39 is 8.80 Å². The van der Waals surface area contributed by atoms with Gasteiger partial charge in [-0.15, -0.1) is 0 Å². The van der Waals surface area contributed by atoms with E-state index >= 15 is 0 Å². The molecule has 0 radical (unpaired) electrons. The van der Waals surface area contributed by atoms with Gasteiger partial charge in [0.25, 0.3) is 0 Å². The van der Waals surface area contributed by atoms with Gasteiger partial charge < -0.3 is 13.3 Å². The van der Waals surface area contributed by atoms with E-state index in [1.807, 2.05) is 20.8 Å². The van der Waals surface area contributed by atoms with Gasteiger partial charge in [0.15, 0.2) is 0 Å².